The highest BCUT2D eigenvalue weighted by molar-refractivity contribution is 7.07. The third-order valence-corrected chi connectivity index (χ3v) is 3.63. The first-order chi connectivity index (χ1) is 9.20. The van der Waals surface area contributed by atoms with Crippen LogP contribution >= 0.6 is 11.3 Å². The number of hydrogen-bond acceptors (Lipinski definition) is 4. The standard InChI is InChI=1S/C15H18O3S/c1-11(16)14-4-3-13(17-2)9-15(14)18-7-5-12-6-8-19-10-12/h3-4,6,8-11,16H,5,7H2,1-2H3. The van der Waals surface area contributed by atoms with Crippen molar-refractivity contribution < 1.29 is 14.6 Å². The molecule has 0 bridgehead atoms. The maximum atomic E-state index is 9.73. The average molecular weight is 278 g/mol. The van der Waals surface area contributed by atoms with E-state index in [0.29, 0.717) is 12.4 Å². The molecule has 19 heavy (non-hydrogen) atoms. The molecule has 0 aliphatic carbocycles. The number of aliphatic hydroxyl groups excluding tert-OH is 1. The van der Waals surface area contributed by atoms with E-state index in [1.807, 2.05) is 18.2 Å². The van der Waals surface area contributed by atoms with Gasteiger partial charge in [0.1, 0.15) is 11.5 Å². The summed E-state index contributed by atoms with van der Waals surface area (Å²) in [5.41, 5.74) is 2.05. The van der Waals surface area contributed by atoms with Crippen molar-refractivity contribution in [2.45, 2.75) is 19.4 Å². The molecule has 0 aliphatic heterocycles. The molecule has 1 unspecified atom stereocenters. The third-order valence-electron chi connectivity index (χ3n) is 2.90. The molecule has 3 nitrogen and oxygen atoms in total. The lowest BCUT2D eigenvalue weighted by Gasteiger charge is -2.14. The zero-order chi connectivity index (χ0) is 13.7. The van der Waals surface area contributed by atoms with Crippen LogP contribution in [0.5, 0.6) is 11.5 Å². The van der Waals surface area contributed by atoms with Gasteiger partial charge in [-0.3, -0.25) is 0 Å². The second-order valence-electron chi connectivity index (χ2n) is 4.31. The van der Waals surface area contributed by atoms with Crippen molar-refractivity contribution in [1.82, 2.24) is 0 Å². The van der Waals surface area contributed by atoms with Crippen LogP contribution in [-0.2, 0) is 6.42 Å². The Bertz CT molecular complexity index is 506. The summed E-state index contributed by atoms with van der Waals surface area (Å²) >= 11 is 1.68. The first-order valence-electron chi connectivity index (χ1n) is 6.20. The molecule has 2 aromatic rings. The summed E-state index contributed by atoms with van der Waals surface area (Å²) < 4.78 is 11.0. The number of methoxy groups -OCH3 is 1. The van der Waals surface area contributed by atoms with Gasteiger partial charge in [0.05, 0.1) is 19.8 Å². The van der Waals surface area contributed by atoms with Crippen molar-refractivity contribution in [2.24, 2.45) is 0 Å². The minimum atomic E-state index is -0.554. The second-order valence-corrected chi connectivity index (χ2v) is 5.09. The quantitative estimate of drug-likeness (QED) is 0.879. The highest BCUT2D eigenvalue weighted by atomic mass is 32.1. The van der Waals surface area contributed by atoms with E-state index < -0.39 is 6.10 Å². The number of benzene rings is 1. The number of ether oxygens (including phenoxy) is 2. The van der Waals surface area contributed by atoms with Crippen LogP contribution in [0.3, 0.4) is 0 Å². The minimum Gasteiger partial charge on any atom is -0.497 e. The Morgan fingerprint density at radius 2 is 2.16 bits per heavy atom. The molecule has 1 aromatic heterocycles. The van der Waals surface area contributed by atoms with Gasteiger partial charge in [-0.1, -0.05) is 0 Å². The number of aliphatic hydroxyl groups is 1. The molecule has 102 valence electrons. The zero-order valence-corrected chi connectivity index (χ0v) is 11.9. The van der Waals surface area contributed by atoms with Crippen LogP contribution in [-0.4, -0.2) is 18.8 Å². The van der Waals surface area contributed by atoms with Gasteiger partial charge in [0, 0.05) is 18.1 Å². The lowest BCUT2D eigenvalue weighted by molar-refractivity contribution is 0.191. The topological polar surface area (TPSA) is 38.7 Å². The van der Waals surface area contributed by atoms with Crippen LogP contribution < -0.4 is 9.47 Å². The van der Waals surface area contributed by atoms with Crippen molar-refractivity contribution in [3.05, 3.63) is 46.2 Å². The molecular formula is C15H18O3S. The van der Waals surface area contributed by atoms with Crippen molar-refractivity contribution in [2.75, 3.05) is 13.7 Å². The van der Waals surface area contributed by atoms with Crippen LogP contribution in [0.1, 0.15) is 24.2 Å². The fourth-order valence-corrected chi connectivity index (χ4v) is 2.53. The summed E-state index contributed by atoms with van der Waals surface area (Å²) in [6.07, 6.45) is 0.307. The lowest BCUT2D eigenvalue weighted by atomic mass is 10.1. The second kappa shape index (κ2) is 6.59. The van der Waals surface area contributed by atoms with Gasteiger partial charge in [-0.2, -0.15) is 11.3 Å². The van der Waals surface area contributed by atoms with E-state index in [2.05, 4.69) is 16.8 Å². The first-order valence-corrected chi connectivity index (χ1v) is 7.15. The van der Waals surface area contributed by atoms with Crippen LogP contribution in [0.4, 0.5) is 0 Å². The van der Waals surface area contributed by atoms with Crippen LogP contribution in [0.25, 0.3) is 0 Å². The van der Waals surface area contributed by atoms with Crippen LogP contribution in [0.2, 0.25) is 0 Å². The van der Waals surface area contributed by atoms with Gasteiger partial charge in [-0.15, -0.1) is 0 Å². The van der Waals surface area contributed by atoms with E-state index in [4.69, 9.17) is 9.47 Å². The van der Waals surface area contributed by atoms with Crippen molar-refractivity contribution >= 4 is 11.3 Å². The summed E-state index contributed by atoms with van der Waals surface area (Å²) in [6, 6.07) is 7.57. The Morgan fingerprint density at radius 1 is 1.32 bits per heavy atom. The Hall–Kier alpha value is -1.52. The van der Waals surface area contributed by atoms with Gasteiger partial charge in [0.2, 0.25) is 0 Å². The first kappa shape index (κ1) is 13.9. The third kappa shape index (κ3) is 3.72. The van der Waals surface area contributed by atoms with Gasteiger partial charge in [-0.05, 0) is 41.4 Å². The highest BCUT2D eigenvalue weighted by Gasteiger charge is 2.10. The Labute approximate surface area is 117 Å². The molecule has 0 fully saturated rings. The number of hydrogen-bond donors (Lipinski definition) is 1. The highest BCUT2D eigenvalue weighted by Crippen LogP contribution is 2.29. The maximum absolute atomic E-state index is 9.73. The molecular weight excluding hydrogens is 260 g/mol. The number of rotatable bonds is 6. The molecule has 1 heterocycles. The fraction of sp³-hybridized carbons (Fsp3) is 0.333. The van der Waals surface area contributed by atoms with E-state index in [1.54, 1.807) is 25.4 Å². The van der Waals surface area contributed by atoms with Crippen molar-refractivity contribution in [3.63, 3.8) is 0 Å². The predicted octanol–water partition coefficient (Wildman–Crippen LogP) is 3.43. The summed E-state index contributed by atoms with van der Waals surface area (Å²) in [5, 5.41) is 13.9. The zero-order valence-electron chi connectivity index (χ0n) is 11.1. The van der Waals surface area contributed by atoms with Gasteiger partial charge in [0.15, 0.2) is 0 Å². The van der Waals surface area contributed by atoms with E-state index in [-0.39, 0.29) is 0 Å². The Balaban J connectivity index is 2.04. The fourth-order valence-electron chi connectivity index (χ4n) is 1.83. The Kier molecular flexibility index (Phi) is 4.82. The molecule has 0 spiro atoms. The van der Waals surface area contributed by atoms with Crippen LogP contribution in [0.15, 0.2) is 35.0 Å². The summed E-state index contributed by atoms with van der Waals surface area (Å²) in [4.78, 5) is 0. The van der Waals surface area contributed by atoms with Crippen LogP contribution in [0, 0.1) is 0 Å². The normalized spacial score (nSPS) is 12.2. The molecule has 0 radical (unpaired) electrons. The Morgan fingerprint density at radius 3 is 2.79 bits per heavy atom. The van der Waals surface area contributed by atoms with Crippen molar-refractivity contribution in [1.29, 1.82) is 0 Å². The molecule has 0 saturated carbocycles. The lowest BCUT2D eigenvalue weighted by Crippen LogP contribution is -2.04. The molecule has 1 atom stereocenters. The minimum absolute atomic E-state index is 0.554. The molecule has 4 heteroatoms. The van der Waals surface area contributed by atoms with Gasteiger partial charge < -0.3 is 14.6 Å². The smallest absolute Gasteiger partial charge is 0.128 e. The van der Waals surface area contributed by atoms with Crippen molar-refractivity contribution in [3.8, 4) is 11.5 Å². The van der Waals surface area contributed by atoms with E-state index in [0.717, 1.165) is 17.7 Å². The predicted molar refractivity (Wildman–Crippen MR) is 77.1 cm³/mol. The average Bonchev–Trinajstić information content (AvgIpc) is 2.91. The molecule has 0 amide bonds. The maximum Gasteiger partial charge on any atom is 0.128 e. The molecule has 2 rings (SSSR count). The van der Waals surface area contributed by atoms with Gasteiger partial charge in [0.25, 0.3) is 0 Å². The largest absolute Gasteiger partial charge is 0.497 e. The molecule has 0 aliphatic rings. The van der Waals surface area contributed by atoms with Gasteiger partial charge >= 0.3 is 0 Å². The molecule has 0 saturated heterocycles. The summed E-state index contributed by atoms with van der Waals surface area (Å²) in [6.45, 7) is 2.32. The van der Waals surface area contributed by atoms with E-state index in [1.165, 1.54) is 5.56 Å². The van der Waals surface area contributed by atoms with E-state index in [9.17, 15) is 5.11 Å². The van der Waals surface area contributed by atoms with Gasteiger partial charge in [-0.25, -0.2) is 0 Å². The number of thiophene rings is 1. The summed E-state index contributed by atoms with van der Waals surface area (Å²) in [5.74, 6) is 1.42. The summed E-state index contributed by atoms with van der Waals surface area (Å²) in [7, 11) is 1.62. The molecule has 1 aromatic carbocycles. The SMILES string of the molecule is COc1ccc(C(C)O)c(OCCc2ccsc2)c1. The monoisotopic (exact) mass is 278 g/mol. The van der Waals surface area contributed by atoms with E-state index >= 15 is 0 Å². The molecule has 1 N–H and O–H groups in total.